The lowest BCUT2D eigenvalue weighted by Gasteiger charge is -2.28. The van der Waals surface area contributed by atoms with E-state index >= 15 is 0 Å². The smallest absolute Gasteiger partial charge is 0.0950 e. The van der Waals surface area contributed by atoms with Crippen molar-refractivity contribution < 1.29 is 0 Å². The standard InChI is InChI=1S/C21H15BrN2/c22-16-8-5-7-15(12-16)21-20-13-14-6-1-3-10-18(14)24(20)19-11-4-2-9-17(19)23-21/h1-11,13,19H,12H2. The molecule has 0 fully saturated rings. The molecule has 24 heavy (non-hydrogen) atoms. The maximum Gasteiger partial charge on any atom is 0.0950 e. The number of allylic oxidation sites excluding steroid dienone is 9. The van der Waals surface area contributed by atoms with Crippen molar-refractivity contribution in [3.63, 3.8) is 0 Å². The van der Waals surface area contributed by atoms with Crippen LogP contribution in [0.25, 0.3) is 16.6 Å². The number of halogens is 1. The van der Waals surface area contributed by atoms with E-state index in [0.29, 0.717) is 0 Å². The summed E-state index contributed by atoms with van der Waals surface area (Å²) < 4.78 is 3.61. The van der Waals surface area contributed by atoms with Crippen LogP contribution in [0, 0.1) is 0 Å². The maximum atomic E-state index is 5.04. The molecule has 0 radical (unpaired) electrons. The molecule has 2 heterocycles. The average molecular weight is 375 g/mol. The van der Waals surface area contributed by atoms with E-state index in [2.05, 4.69) is 93.4 Å². The zero-order chi connectivity index (χ0) is 16.1. The molecule has 1 aromatic carbocycles. The van der Waals surface area contributed by atoms with Crippen LogP contribution in [0.2, 0.25) is 0 Å². The van der Waals surface area contributed by atoms with Gasteiger partial charge in [0, 0.05) is 17.3 Å². The Kier molecular flexibility index (Phi) is 3.10. The Hall–Kier alpha value is -2.39. The van der Waals surface area contributed by atoms with Gasteiger partial charge in [0.25, 0.3) is 0 Å². The highest BCUT2D eigenvalue weighted by molar-refractivity contribution is 9.11. The summed E-state index contributed by atoms with van der Waals surface area (Å²) in [5.74, 6) is 0. The highest BCUT2D eigenvalue weighted by Crippen LogP contribution is 2.39. The number of fused-ring (bicyclic) bond motifs is 5. The molecule has 0 bridgehead atoms. The molecule has 0 spiro atoms. The van der Waals surface area contributed by atoms with Crippen molar-refractivity contribution in [3.05, 3.63) is 88.6 Å². The zero-order valence-corrected chi connectivity index (χ0v) is 14.6. The summed E-state index contributed by atoms with van der Waals surface area (Å²) >= 11 is 3.63. The number of aromatic nitrogens is 1. The summed E-state index contributed by atoms with van der Waals surface area (Å²) in [6, 6.07) is 11.0. The predicted molar refractivity (Wildman–Crippen MR) is 104 cm³/mol. The summed E-state index contributed by atoms with van der Waals surface area (Å²) in [5, 5.41) is 1.26. The fourth-order valence-electron chi connectivity index (χ4n) is 3.65. The first-order valence-corrected chi connectivity index (χ1v) is 8.90. The minimum absolute atomic E-state index is 0.181. The molecule has 0 amide bonds. The first-order chi connectivity index (χ1) is 11.8. The molecule has 1 aliphatic heterocycles. The third-order valence-corrected chi connectivity index (χ3v) is 5.27. The van der Waals surface area contributed by atoms with Crippen molar-refractivity contribution in [3.8, 4) is 0 Å². The van der Waals surface area contributed by atoms with Gasteiger partial charge in [-0.1, -0.05) is 70.6 Å². The fraction of sp³-hybridized carbons (Fsp3) is 0.0952. The number of benzene rings is 1. The van der Waals surface area contributed by atoms with E-state index in [1.807, 2.05) is 0 Å². The van der Waals surface area contributed by atoms with Crippen LogP contribution in [0.4, 0.5) is 0 Å². The summed E-state index contributed by atoms with van der Waals surface area (Å²) in [4.78, 5) is 5.04. The second kappa shape index (κ2) is 5.32. The largest absolute Gasteiger partial charge is 0.326 e. The number of aliphatic imine (C=N–C) groups is 1. The summed E-state index contributed by atoms with van der Waals surface area (Å²) in [5.41, 5.74) is 5.90. The molecule has 3 aliphatic rings. The molecule has 1 aromatic heterocycles. The van der Waals surface area contributed by atoms with Crippen LogP contribution < -0.4 is 0 Å². The van der Waals surface area contributed by atoms with Crippen LogP contribution in [0.1, 0.15) is 18.2 Å². The molecule has 2 nitrogen and oxygen atoms in total. The van der Waals surface area contributed by atoms with Crippen molar-refractivity contribution >= 4 is 38.2 Å². The van der Waals surface area contributed by atoms with Gasteiger partial charge < -0.3 is 4.57 Å². The van der Waals surface area contributed by atoms with E-state index in [-0.39, 0.29) is 6.04 Å². The highest BCUT2D eigenvalue weighted by Gasteiger charge is 2.28. The van der Waals surface area contributed by atoms with Gasteiger partial charge in [-0.2, -0.15) is 0 Å². The van der Waals surface area contributed by atoms with Crippen LogP contribution in [-0.2, 0) is 0 Å². The van der Waals surface area contributed by atoms with E-state index in [4.69, 9.17) is 4.99 Å². The normalized spacial score (nSPS) is 24.6. The van der Waals surface area contributed by atoms with Gasteiger partial charge in [0.05, 0.1) is 23.1 Å². The summed E-state index contributed by atoms with van der Waals surface area (Å²) in [7, 11) is 0. The first-order valence-electron chi connectivity index (χ1n) is 8.11. The van der Waals surface area contributed by atoms with E-state index in [1.165, 1.54) is 26.7 Å². The first kappa shape index (κ1) is 14.0. The van der Waals surface area contributed by atoms with E-state index in [1.54, 1.807) is 0 Å². The molecular formula is C21H15BrN2. The average Bonchev–Trinajstić information content (AvgIpc) is 3.01. The topological polar surface area (TPSA) is 17.3 Å². The minimum Gasteiger partial charge on any atom is -0.326 e. The monoisotopic (exact) mass is 374 g/mol. The molecule has 0 saturated heterocycles. The third-order valence-electron chi connectivity index (χ3n) is 4.72. The van der Waals surface area contributed by atoms with Crippen molar-refractivity contribution in [1.82, 2.24) is 4.57 Å². The van der Waals surface area contributed by atoms with E-state index < -0.39 is 0 Å². The zero-order valence-electron chi connectivity index (χ0n) is 13.0. The van der Waals surface area contributed by atoms with Gasteiger partial charge in [-0.25, -0.2) is 4.99 Å². The number of hydrogen-bond donors (Lipinski definition) is 0. The molecular weight excluding hydrogens is 360 g/mol. The van der Waals surface area contributed by atoms with Crippen LogP contribution in [0.5, 0.6) is 0 Å². The molecule has 5 rings (SSSR count). The van der Waals surface area contributed by atoms with E-state index in [0.717, 1.165) is 17.8 Å². The van der Waals surface area contributed by atoms with Crippen molar-refractivity contribution in [1.29, 1.82) is 0 Å². The van der Waals surface area contributed by atoms with Crippen LogP contribution >= 0.6 is 15.9 Å². The Bertz CT molecular complexity index is 1040. The number of rotatable bonds is 0. The number of para-hydroxylation sites is 1. The quantitative estimate of drug-likeness (QED) is 0.561. The summed E-state index contributed by atoms with van der Waals surface area (Å²) in [6.07, 6.45) is 15.8. The van der Waals surface area contributed by atoms with Gasteiger partial charge >= 0.3 is 0 Å². The van der Waals surface area contributed by atoms with Crippen LogP contribution in [0.3, 0.4) is 0 Å². The van der Waals surface area contributed by atoms with Gasteiger partial charge in [0.1, 0.15) is 0 Å². The van der Waals surface area contributed by atoms with E-state index in [9.17, 15) is 0 Å². The fourth-order valence-corrected chi connectivity index (χ4v) is 4.11. The second-order valence-corrected chi connectivity index (χ2v) is 7.23. The Morgan fingerprint density at radius 1 is 1.08 bits per heavy atom. The molecule has 3 heteroatoms. The van der Waals surface area contributed by atoms with Gasteiger partial charge in [0.2, 0.25) is 0 Å². The van der Waals surface area contributed by atoms with Gasteiger partial charge in [-0.05, 0) is 28.3 Å². The Balaban J connectivity index is 1.83. The Morgan fingerprint density at radius 2 is 2.00 bits per heavy atom. The lowest BCUT2D eigenvalue weighted by atomic mass is 9.99. The highest BCUT2D eigenvalue weighted by atomic mass is 79.9. The molecule has 1 atom stereocenters. The SMILES string of the molecule is BrC1=CC=CC(=C2N=C3C=CC=CC3n3c2cc2ccccc23)C1. The molecule has 2 aliphatic carbocycles. The van der Waals surface area contributed by atoms with Crippen LogP contribution in [-0.4, -0.2) is 10.3 Å². The molecule has 2 aromatic rings. The molecule has 0 N–H and O–H groups in total. The second-order valence-electron chi connectivity index (χ2n) is 6.21. The third kappa shape index (κ3) is 2.05. The van der Waals surface area contributed by atoms with Crippen LogP contribution in [0.15, 0.2) is 87.9 Å². The predicted octanol–water partition coefficient (Wildman–Crippen LogP) is 5.71. The number of nitrogens with zero attached hydrogens (tertiary/aromatic N) is 2. The van der Waals surface area contributed by atoms with Gasteiger partial charge in [-0.15, -0.1) is 0 Å². The van der Waals surface area contributed by atoms with Gasteiger partial charge in [-0.3, -0.25) is 0 Å². The minimum atomic E-state index is 0.181. The van der Waals surface area contributed by atoms with Crippen molar-refractivity contribution in [2.45, 2.75) is 12.5 Å². The molecule has 0 saturated carbocycles. The van der Waals surface area contributed by atoms with Crippen molar-refractivity contribution in [2.75, 3.05) is 0 Å². The molecule has 116 valence electrons. The Morgan fingerprint density at radius 3 is 2.92 bits per heavy atom. The maximum absolute atomic E-state index is 5.04. The Labute approximate surface area is 149 Å². The molecule has 1 unspecified atom stereocenters. The number of hydrogen-bond acceptors (Lipinski definition) is 1. The lowest BCUT2D eigenvalue weighted by Crippen LogP contribution is -2.23. The van der Waals surface area contributed by atoms with Gasteiger partial charge in [0.15, 0.2) is 0 Å². The van der Waals surface area contributed by atoms with Crippen molar-refractivity contribution in [2.24, 2.45) is 4.99 Å². The lowest BCUT2D eigenvalue weighted by molar-refractivity contribution is 0.763. The summed E-state index contributed by atoms with van der Waals surface area (Å²) in [6.45, 7) is 0.